The quantitative estimate of drug-likeness (QED) is 0.0190. The molecule has 0 unspecified atom stereocenters. The average Bonchev–Trinajstić information content (AvgIpc) is 1.62. The van der Waals surface area contributed by atoms with Crippen LogP contribution in [0.1, 0.15) is 119 Å². The Bertz CT molecular complexity index is 4250. The van der Waals surface area contributed by atoms with Crippen LogP contribution >= 0.6 is 128 Å². The highest BCUT2D eigenvalue weighted by atomic mass is 79.9. The molecule has 2 saturated carbocycles. The maximum atomic E-state index is 13.6. The highest BCUT2D eigenvalue weighted by molar-refractivity contribution is 9.11. The molecule has 0 radical (unpaired) electrons. The zero-order chi connectivity index (χ0) is 86.6. The monoisotopic (exact) mass is 2070 g/mol. The van der Waals surface area contributed by atoms with Crippen molar-refractivity contribution in [1.29, 1.82) is 0 Å². The Morgan fingerprint density at radius 3 is 1.17 bits per heavy atom. The number of hydrogen-bond donors (Lipinski definition) is 6. The molecule has 6 fully saturated rings. The van der Waals surface area contributed by atoms with Crippen molar-refractivity contribution in [2.45, 2.75) is 198 Å². The number of esters is 3. The van der Waals surface area contributed by atoms with Crippen LogP contribution in [0.5, 0.6) is 23.0 Å². The maximum Gasteiger partial charge on any atom is 0.408 e. The lowest BCUT2D eigenvalue weighted by atomic mass is 9.84. The van der Waals surface area contributed by atoms with Gasteiger partial charge in [0.1, 0.15) is 125 Å². The number of halogens is 9. The zero-order valence-corrected chi connectivity index (χ0v) is 78.7. The standard InChI is InChI=1S/C23H32BrN3O6.C22H30BrN3O6.C12H16BBrN2O4.C11H13BrN2O3.C5H3BrClN.C5H5ClN2.2ClH/c1-23(2,3)19(26-22(30)33-14-7-5-6-8-14)20(28)27-13-16(11-17(27)21(29)31-4)32-15-9-10-25-18(24)12-15;1-22(2,3)18(25-21(30)32-13-6-4-5-7-13)19(27)26-12-15(10-16(26)20(28)29)31-14-8-9-24-17(23)11-14;1-13(18)16-7-9(5-10(16)12(17)19-2)20-8-3-4-15-11(14)6-8;1-16-11(15)9-4-8(6-14-9)17-7-2-3-13-10(12)5-7;6-5-3-4(7)1-2-8-5;6-4-1-2-8-5(7)3-4;;/h9-10,12,14,16-17,19H,5-8,11,13H2,1-4H3,(H,26,30);8-9,11,13,15-16,18H,4-7,10,12H2,1-3H3,(H,25,30)(H,28,29);3-4,6,9-10,18H,5,7H2,1-2H3;2-3,5,8-9,14H,4,6H2,1H3;1-3H;1-3H,(H2,7,8);2*1H/t16-,17+,19-;15-,16+,18-;9-,10+;8-,9+;;;;/m1111..../s1. The van der Waals surface area contributed by atoms with Gasteiger partial charge in [0.05, 0.1) is 34.4 Å². The minimum atomic E-state index is -1.11. The van der Waals surface area contributed by atoms with Crippen molar-refractivity contribution >= 4 is 188 Å². The third kappa shape index (κ3) is 34.1. The number of ether oxygens (including phenoxy) is 9. The largest absolute Gasteiger partial charge is 0.489 e. The van der Waals surface area contributed by atoms with Gasteiger partial charge in [0.15, 0.2) is 0 Å². The number of alkyl carbamates (subject to hydrolysis) is 2. The first-order valence-corrected chi connectivity index (χ1v) is 42.6. The van der Waals surface area contributed by atoms with E-state index in [4.69, 9.17) is 66.8 Å². The molecule has 4 amide bonds. The van der Waals surface area contributed by atoms with Crippen molar-refractivity contribution in [1.82, 2.24) is 60.5 Å². The van der Waals surface area contributed by atoms with Crippen LogP contribution in [-0.2, 0) is 52.5 Å². The lowest BCUT2D eigenvalue weighted by Crippen LogP contribution is -2.57. The summed E-state index contributed by atoms with van der Waals surface area (Å²) in [6.07, 6.45) is 16.0. The number of pyridine rings is 6. The molecular weight excluding hydrogens is 1980 g/mol. The van der Waals surface area contributed by atoms with Crippen LogP contribution in [0, 0.1) is 10.8 Å². The molecule has 10 heterocycles. The number of methoxy groups -OCH3 is 3. The molecule has 32 nitrogen and oxygen atoms in total. The number of rotatable bonds is 19. The topological polar surface area (TPSA) is 409 Å². The van der Waals surface area contributed by atoms with Gasteiger partial charge in [-0.15, -0.1) is 24.8 Å². The third-order valence-corrected chi connectivity index (χ3v) is 21.7. The highest BCUT2D eigenvalue weighted by Gasteiger charge is 2.49. The van der Waals surface area contributed by atoms with Crippen LogP contribution in [0.15, 0.2) is 133 Å². The van der Waals surface area contributed by atoms with Crippen molar-refractivity contribution in [3.8, 4) is 23.0 Å². The van der Waals surface area contributed by atoms with E-state index in [9.17, 15) is 48.5 Å². The number of anilines is 1. The van der Waals surface area contributed by atoms with Gasteiger partial charge in [-0.2, -0.15) is 0 Å². The van der Waals surface area contributed by atoms with Gasteiger partial charge in [-0.1, -0.05) is 64.7 Å². The lowest BCUT2D eigenvalue weighted by molar-refractivity contribution is -0.152. The van der Waals surface area contributed by atoms with Gasteiger partial charge in [0, 0.05) is 110 Å². The molecule has 4 aliphatic heterocycles. The Balaban J connectivity index is 0.000000272. The van der Waals surface area contributed by atoms with Crippen LogP contribution in [-0.4, -0.2) is 230 Å². The van der Waals surface area contributed by atoms with E-state index in [0.717, 1.165) is 66.3 Å². The van der Waals surface area contributed by atoms with Crippen molar-refractivity contribution in [3.05, 3.63) is 143 Å². The molecule has 6 aromatic rings. The summed E-state index contributed by atoms with van der Waals surface area (Å²) in [5, 5.41) is 29.3. The number of aliphatic carboxylic acids is 1. The van der Waals surface area contributed by atoms with Crippen LogP contribution in [0.3, 0.4) is 0 Å². The minimum absolute atomic E-state index is 0. The molecule has 658 valence electrons. The minimum Gasteiger partial charge on any atom is -0.489 e. The fraction of sp³-hybridized carbons (Fsp3) is 0.513. The number of amides is 4. The van der Waals surface area contributed by atoms with E-state index in [-0.39, 0.29) is 99.0 Å². The number of aromatic nitrogens is 6. The summed E-state index contributed by atoms with van der Waals surface area (Å²) in [7, 11) is 3.30. The summed E-state index contributed by atoms with van der Waals surface area (Å²) in [4.78, 5) is 128. The summed E-state index contributed by atoms with van der Waals surface area (Å²) >= 11 is 27.4. The SMILES string of the molecule is CC(C)(C)[C@H](NC(=O)OC1CCCC1)C(=O)N1C[C@H](Oc2ccnc(Br)c2)C[C@H]1C(=O)O.COC(=O)[C@@H]1C[C@@H](Oc2ccnc(Br)c2)CN1.COC(=O)[C@@H]1C[C@@H](Oc2ccnc(Br)c2)CN1B(C)O.COC(=O)[C@@H]1C[C@@H](Oc2ccnc(Br)c2)CN1C(=O)[C@@H](NC(=O)OC1CCCC1)C(C)(C)C.Cl.Cl.Clc1ccnc(Br)c1.Nc1cc(Cl)ccn1. The Hall–Kier alpha value is -7.24. The molecule has 6 aromatic heterocycles. The molecule has 2 aliphatic carbocycles. The predicted octanol–water partition coefficient (Wildman–Crippen LogP) is 13.5. The van der Waals surface area contributed by atoms with Crippen LogP contribution in [0.25, 0.3) is 0 Å². The Labute approximate surface area is 762 Å². The first kappa shape index (κ1) is 103. The van der Waals surface area contributed by atoms with E-state index in [1.807, 2.05) is 41.5 Å². The summed E-state index contributed by atoms with van der Waals surface area (Å²) in [5.74, 6) is -0.0902. The summed E-state index contributed by atoms with van der Waals surface area (Å²) in [5.41, 5.74) is 4.00. The van der Waals surface area contributed by atoms with Crippen LogP contribution in [0.2, 0.25) is 16.9 Å². The van der Waals surface area contributed by atoms with E-state index >= 15 is 0 Å². The normalized spacial score (nSPS) is 20.4. The molecular formula is C78H101BBr5Cl4N13O19. The van der Waals surface area contributed by atoms with E-state index in [1.54, 1.807) is 122 Å². The molecule has 42 heteroatoms. The molecule has 120 heavy (non-hydrogen) atoms. The van der Waals surface area contributed by atoms with E-state index < -0.39 is 90.3 Å². The Morgan fingerprint density at radius 1 is 0.492 bits per heavy atom. The molecule has 4 saturated heterocycles. The predicted molar refractivity (Wildman–Crippen MR) is 470 cm³/mol. The fourth-order valence-electron chi connectivity index (χ4n) is 13.3. The number of hydrogen-bond acceptors (Lipinski definition) is 27. The number of carbonyl (C=O) groups is 8. The summed E-state index contributed by atoms with van der Waals surface area (Å²) < 4.78 is 52.3. The molecule has 6 aliphatic rings. The van der Waals surface area contributed by atoms with Gasteiger partial charge in [-0.05, 0) is 197 Å². The number of carbonyl (C=O) groups excluding carboxylic acids is 7. The van der Waals surface area contributed by atoms with E-state index in [1.165, 1.54) is 31.1 Å². The number of nitrogens with two attached hydrogens (primary N) is 1. The van der Waals surface area contributed by atoms with E-state index in [2.05, 4.69) is 130 Å². The number of carboxylic acids is 1. The first-order chi connectivity index (χ1) is 55.9. The molecule has 10 atom stereocenters. The number of carboxylic acid groups (broad SMARTS) is 1. The van der Waals surface area contributed by atoms with Gasteiger partial charge in [-0.25, -0.2) is 49.1 Å². The van der Waals surface area contributed by atoms with Gasteiger partial charge < -0.3 is 89.1 Å². The van der Waals surface area contributed by atoms with Crippen LogP contribution in [0.4, 0.5) is 15.4 Å². The number of nitrogen functional groups attached to an aromatic ring is 1. The smallest absolute Gasteiger partial charge is 0.408 e. The van der Waals surface area contributed by atoms with Gasteiger partial charge in [0.25, 0.3) is 0 Å². The Kier molecular flexibility index (Phi) is 43.5. The van der Waals surface area contributed by atoms with Crippen LogP contribution < -0.4 is 40.6 Å². The molecule has 7 N–H and O–H groups in total. The number of likely N-dealkylation sites (tertiary alicyclic amines) is 2. The van der Waals surface area contributed by atoms with E-state index in [0.29, 0.717) is 72.9 Å². The summed E-state index contributed by atoms with van der Waals surface area (Å²) in [6, 6.07) is 16.2. The third-order valence-electron chi connectivity index (χ3n) is 19.0. The summed E-state index contributed by atoms with van der Waals surface area (Å²) in [6.45, 7) is 14.1. The maximum absolute atomic E-state index is 13.6. The average molecular weight is 2080 g/mol. The number of nitrogens with one attached hydrogen (secondary N) is 3. The second-order valence-corrected chi connectivity index (χ2v) is 35.0. The first-order valence-electron chi connectivity index (χ1n) is 37.9. The lowest BCUT2D eigenvalue weighted by Gasteiger charge is -2.34. The molecule has 0 spiro atoms. The molecule has 0 bridgehead atoms. The highest BCUT2D eigenvalue weighted by Crippen LogP contribution is 2.34. The number of nitrogens with zero attached hydrogens (tertiary/aromatic N) is 9. The van der Waals surface area contributed by atoms with Crippen molar-refractivity contribution in [3.63, 3.8) is 0 Å². The molecule has 0 aromatic carbocycles. The zero-order valence-electron chi connectivity index (χ0n) is 67.6. The second-order valence-electron chi connectivity index (χ2n) is 30.1. The van der Waals surface area contributed by atoms with Gasteiger partial charge in [0.2, 0.25) is 11.8 Å². The van der Waals surface area contributed by atoms with Crippen molar-refractivity contribution < 1.29 is 91.1 Å². The van der Waals surface area contributed by atoms with Crippen molar-refractivity contribution in [2.24, 2.45) is 10.8 Å². The van der Waals surface area contributed by atoms with Crippen molar-refractivity contribution in [2.75, 3.05) is 53.2 Å². The Morgan fingerprint density at radius 2 is 0.833 bits per heavy atom. The van der Waals surface area contributed by atoms with Gasteiger partial charge >= 0.3 is 43.1 Å². The molecule has 12 rings (SSSR count). The second kappa shape index (κ2) is 50.5. The van der Waals surface area contributed by atoms with Gasteiger partial charge in [-0.3, -0.25) is 19.2 Å². The fourth-order valence-corrected chi connectivity index (χ4v) is 15.5.